The summed E-state index contributed by atoms with van der Waals surface area (Å²) >= 11 is 6.08. The van der Waals surface area contributed by atoms with Gasteiger partial charge in [-0.2, -0.15) is 0 Å². The summed E-state index contributed by atoms with van der Waals surface area (Å²) in [6.07, 6.45) is 4.30. The molecule has 0 fully saturated rings. The Kier molecular flexibility index (Phi) is 4.53. The van der Waals surface area contributed by atoms with Crippen molar-refractivity contribution in [3.05, 3.63) is 59.4 Å². The normalized spacial score (nSPS) is 11.2. The van der Waals surface area contributed by atoms with Crippen LogP contribution in [-0.2, 0) is 4.79 Å². The fraction of sp³-hybridized carbons (Fsp3) is 0.111. The van der Waals surface area contributed by atoms with Gasteiger partial charge in [-0.25, -0.2) is 9.78 Å². The van der Waals surface area contributed by atoms with Crippen molar-refractivity contribution >= 4 is 29.3 Å². The largest absolute Gasteiger partial charge is 0.493 e. The van der Waals surface area contributed by atoms with Gasteiger partial charge in [0.1, 0.15) is 17.1 Å². The highest BCUT2D eigenvalue weighted by Gasteiger charge is 2.16. The van der Waals surface area contributed by atoms with Crippen molar-refractivity contribution in [1.29, 1.82) is 0 Å². The Bertz CT molecular complexity index is 931. The first-order chi connectivity index (χ1) is 11.6. The lowest BCUT2D eigenvalue weighted by Crippen LogP contribution is -1.95. The first-order valence-electron chi connectivity index (χ1n) is 7.41. The molecular weight excluding hydrogens is 328 g/mol. The number of carboxylic acids is 1. The van der Waals surface area contributed by atoms with Gasteiger partial charge in [0.2, 0.25) is 0 Å². The third-order valence-electron chi connectivity index (χ3n) is 3.45. The average Bonchev–Trinajstić information content (AvgIpc) is 2.91. The van der Waals surface area contributed by atoms with Crippen molar-refractivity contribution in [2.24, 2.45) is 0 Å². The van der Waals surface area contributed by atoms with Gasteiger partial charge in [-0.05, 0) is 37.3 Å². The number of carbonyl (C=O) groups is 1. The lowest BCUT2D eigenvalue weighted by atomic mass is 10.1. The van der Waals surface area contributed by atoms with E-state index in [1.807, 2.05) is 31.2 Å². The predicted octanol–water partition coefficient (Wildman–Crippen LogP) is 4.15. The number of rotatable bonds is 5. The molecule has 0 spiro atoms. The van der Waals surface area contributed by atoms with Crippen molar-refractivity contribution in [3.8, 4) is 17.0 Å². The smallest absolute Gasteiger partial charge is 0.328 e. The van der Waals surface area contributed by atoms with Crippen LogP contribution in [-0.4, -0.2) is 27.1 Å². The zero-order valence-electron chi connectivity index (χ0n) is 12.9. The highest BCUT2D eigenvalue weighted by atomic mass is 35.5. The summed E-state index contributed by atoms with van der Waals surface area (Å²) in [5.41, 5.74) is 2.73. The van der Waals surface area contributed by atoms with Gasteiger partial charge in [0.05, 0.1) is 17.3 Å². The Morgan fingerprint density at radius 1 is 1.33 bits per heavy atom. The number of pyridine rings is 1. The van der Waals surface area contributed by atoms with E-state index in [-0.39, 0.29) is 0 Å². The monoisotopic (exact) mass is 342 g/mol. The maximum atomic E-state index is 10.9. The van der Waals surface area contributed by atoms with Crippen molar-refractivity contribution < 1.29 is 14.6 Å². The molecule has 2 heterocycles. The van der Waals surface area contributed by atoms with E-state index in [0.717, 1.165) is 11.6 Å². The number of nitrogens with zero attached hydrogens (tertiary/aromatic N) is 2. The molecule has 2 aromatic heterocycles. The van der Waals surface area contributed by atoms with Gasteiger partial charge in [0.15, 0.2) is 0 Å². The number of imidazole rings is 1. The maximum Gasteiger partial charge on any atom is 0.328 e. The molecule has 0 amide bonds. The second-order valence-corrected chi connectivity index (χ2v) is 5.46. The number of benzene rings is 1. The molecule has 0 saturated carbocycles. The molecule has 6 heteroatoms. The Morgan fingerprint density at radius 2 is 2.12 bits per heavy atom. The molecule has 0 atom stereocenters. The van der Waals surface area contributed by atoms with Crippen LogP contribution in [0.1, 0.15) is 12.6 Å². The van der Waals surface area contributed by atoms with Crippen LogP contribution in [0.4, 0.5) is 0 Å². The second-order valence-electron chi connectivity index (χ2n) is 5.02. The molecule has 5 nitrogen and oxygen atoms in total. The van der Waals surface area contributed by atoms with Gasteiger partial charge in [0, 0.05) is 17.8 Å². The van der Waals surface area contributed by atoms with Crippen LogP contribution < -0.4 is 4.74 Å². The van der Waals surface area contributed by atoms with Crippen LogP contribution in [0.2, 0.25) is 5.02 Å². The summed E-state index contributed by atoms with van der Waals surface area (Å²) in [4.78, 5) is 15.6. The number of aromatic nitrogens is 2. The number of hydrogen-bond donors (Lipinski definition) is 1. The summed E-state index contributed by atoms with van der Waals surface area (Å²) in [6.45, 7) is 2.43. The minimum Gasteiger partial charge on any atom is -0.493 e. The number of ether oxygens (including phenoxy) is 1. The summed E-state index contributed by atoms with van der Waals surface area (Å²) in [5, 5.41) is 9.51. The van der Waals surface area contributed by atoms with Gasteiger partial charge in [-0.3, -0.25) is 4.40 Å². The molecule has 1 N–H and O–H groups in total. The predicted molar refractivity (Wildman–Crippen MR) is 93.5 cm³/mol. The van der Waals surface area contributed by atoms with Crippen LogP contribution in [0, 0.1) is 0 Å². The number of hydrogen-bond acceptors (Lipinski definition) is 3. The highest BCUT2D eigenvalue weighted by Crippen LogP contribution is 2.33. The summed E-state index contributed by atoms with van der Waals surface area (Å²) in [7, 11) is 0. The lowest BCUT2D eigenvalue weighted by Gasteiger charge is -2.09. The molecule has 0 saturated heterocycles. The third-order valence-corrected chi connectivity index (χ3v) is 3.67. The van der Waals surface area contributed by atoms with Gasteiger partial charge < -0.3 is 9.84 Å². The minimum absolute atomic E-state index is 0.524. The van der Waals surface area contributed by atoms with Gasteiger partial charge in [-0.1, -0.05) is 23.7 Å². The van der Waals surface area contributed by atoms with Crippen LogP contribution in [0.15, 0.2) is 48.7 Å². The second kappa shape index (κ2) is 6.76. The molecule has 0 unspecified atom stereocenters. The van der Waals surface area contributed by atoms with E-state index in [9.17, 15) is 4.79 Å². The topological polar surface area (TPSA) is 63.8 Å². The van der Waals surface area contributed by atoms with E-state index in [4.69, 9.17) is 21.4 Å². The number of para-hydroxylation sites is 1. The molecule has 122 valence electrons. The Labute approximate surface area is 143 Å². The standard InChI is InChI=1S/C18H15ClN2O3/c1-2-24-15-6-4-3-5-13(15)18-14(8-10-17(22)23)21-11-12(19)7-9-16(21)20-18/h3-11H,2H2,1H3,(H,22,23)/b10-8+. The molecule has 0 aliphatic rings. The Hall–Kier alpha value is -2.79. The first-order valence-corrected chi connectivity index (χ1v) is 7.78. The average molecular weight is 343 g/mol. The number of carboxylic acid groups (broad SMARTS) is 1. The van der Waals surface area contributed by atoms with Crippen molar-refractivity contribution in [2.75, 3.05) is 6.61 Å². The molecule has 0 bridgehead atoms. The molecule has 0 radical (unpaired) electrons. The van der Waals surface area contributed by atoms with Crippen LogP contribution in [0.3, 0.4) is 0 Å². The Balaban J connectivity index is 2.27. The van der Waals surface area contributed by atoms with E-state index in [1.54, 1.807) is 22.7 Å². The fourth-order valence-corrected chi connectivity index (χ4v) is 2.65. The zero-order chi connectivity index (χ0) is 17.1. The molecule has 3 rings (SSSR count). The summed E-state index contributed by atoms with van der Waals surface area (Å²) in [6, 6.07) is 11.1. The molecule has 0 aliphatic carbocycles. The quantitative estimate of drug-likeness (QED) is 0.707. The lowest BCUT2D eigenvalue weighted by molar-refractivity contribution is -0.131. The van der Waals surface area contributed by atoms with Gasteiger partial charge in [0.25, 0.3) is 0 Å². The zero-order valence-corrected chi connectivity index (χ0v) is 13.7. The van der Waals surface area contributed by atoms with Crippen LogP contribution in [0.5, 0.6) is 5.75 Å². The minimum atomic E-state index is -1.03. The summed E-state index contributed by atoms with van der Waals surface area (Å²) < 4.78 is 7.44. The SMILES string of the molecule is CCOc1ccccc1-c1nc2ccc(Cl)cn2c1/C=C/C(=O)O. The molecule has 1 aromatic carbocycles. The molecule has 0 aliphatic heterocycles. The molecule has 3 aromatic rings. The van der Waals surface area contributed by atoms with E-state index in [0.29, 0.717) is 34.4 Å². The molecule has 24 heavy (non-hydrogen) atoms. The maximum absolute atomic E-state index is 10.9. The fourth-order valence-electron chi connectivity index (χ4n) is 2.49. The number of halogens is 1. The van der Waals surface area contributed by atoms with Crippen molar-refractivity contribution in [3.63, 3.8) is 0 Å². The first kappa shape index (κ1) is 16.1. The van der Waals surface area contributed by atoms with Crippen molar-refractivity contribution in [1.82, 2.24) is 9.38 Å². The van der Waals surface area contributed by atoms with Crippen LogP contribution in [0.25, 0.3) is 23.0 Å². The number of aliphatic carboxylic acids is 1. The van der Waals surface area contributed by atoms with Gasteiger partial charge >= 0.3 is 5.97 Å². The summed E-state index contributed by atoms with van der Waals surface area (Å²) in [5.74, 6) is -0.338. The van der Waals surface area contributed by atoms with Crippen LogP contribution >= 0.6 is 11.6 Å². The molecular formula is C18H15ClN2O3. The highest BCUT2D eigenvalue weighted by molar-refractivity contribution is 6.30. The third kappa shape index (κ3) is 3.12. The van der Waals surface area contributed by atoms with E-state index in [2.05, 4.69) is 4.98 Å². The Morgan fingerprint density at radius 3 is 2.88 bits per heavy atom. The van der Waals surface area contributed by atoms with Gasteiger partial charge in [-0.15, -0.1) is 0 Å². The number of fused-ring (bicyclic) bond motifs is 1. The van der Waals surface area contributed by atoms with Crippen molar-refractivity contribution in [2.45, 2.75) is 6.92 Å². The van der Waals surface area contributed by atoms with E-state index < -0.39 is 5.97 Å². The van der Waals surface area contributed by atoms with E-state index >= 15 is 0 Å². The van der Waals surface area contributed by atoms with E-state index in [1.165, 1.54) is 6.08 Å².